The van der Waals surface area contributed by atoms with Crippen LogP contribution in [0.25, 0.3) is 0 Å². The molecule has 0 spiro atoms. The number of hydrogen-bond acceptors (Lipinski definition) is 4. The van der Waals surface area contributed by atoms with Gasteiger partial charge in [0.05, 0.1) is 13.2 Å². The first-order chi connectivity index (χ1) is 6.29. The summed E-state index contributed by atoms with van der Waals surface area (Å²) in [6.07, 6.45) is 0.589. The van der Waals surface area contributed by atoms with Gasteiger partial charge in [-0.3, -0.25) is 0 Å². The van der Waals surface area contributed by atoms with Gasteiger partial charge in [-0.1, -0.05) is 0 Å². The molecule has 1 atom stereocenters. The monoisotopic (exact) mass is 190 g/mol. The van der Waals surface area contributed by atoms with Crippen molar-refractivity contribution in [1.29, 1.82) is 0 Å². The molecule has 0 unspecified atom stereocenters. The van der Waals surface area contributed by atoms with Crippen LogP contribution in [0.2, 0.25) is 0 Å². The third-order valence-corrected chi connectivity index (χ3v) is 2.41. The lowest BCUT2D eigenvalue weighted by molar-refractivity contribution is -0.302. The molecule has 0 aromatic heterocycles. The van der Waals surface area contributed by atoms with Crippen LogP contribution in [0, 0.1) is 0 Å². The van der Waals surface area contributed by atoms with E-state index in [0.29, 0.717) is 26.2 Å². The molecule has 0 N–H and O–H groups in total. The summed E-state index contributed by atoms with van der Waals surface area (Å²) in [7, 11) is 3.28. The van der Waals surface area contributed by atoms with E-state index >= 15 is 0 Å². The summed E-state index contributed by atoms with van der Waals surface area (Å²) in [4.78, 5) is 0. The van der Waals surface area contributed by atoms with Gasteiger partial charge in [0.2, 0.25) is 0 Å². The van der Waals surface area contributed by atoms with E-state index < -0.39 is 5.79 Å². The third kappa shape index (κ3) is 2.20. The molecule has 0 amide bonds. The van der Waals surface area contributed by atoms with Crippen molar-refractivity contribution in [2.75, 3.05) is 34.0 Å². The number of ether oxygens (including phenoxy) is 4. The molecular weight excluding hydrogens is 172 g/mol. The van der Waals surface area contributed by atoms with E-state index in [0.717, 1.165) is 0 Å². The molecule has 0 saturated carbocycles. The Morgan fingerprint density at radius 2 is 2.08 bits per heavy atom. The topological polar surface area (TPSA) is 36.9 Å². The molecule has 1 saturated heterocycles. The predicted octanol–water partition coefficient (Wildman–Crippen LogP) is 0.801. The summed E-state index contributed by atoms with van der Waals surface area (Å²) < 4.78 is 21.5. The Kier molecular flexibility index (Phi) is 4.12. The summed E-state index contributed by atoms with van der Waals surface area (Å²) in [5, 5.41) is 0. The van der Waals surface area contributed by atoms with Crippen molar-refractivity contribution < 1.29 is 18.9 Å². The standard InChI is InChI=1S/C9H18O4/c1-4-13-8-7-12-6-5-9(8,10-2)11-3/h8H,4-7H2,1-3H3/t8-/m1/s1. The Bertz CT molecular complexity index is 143. The number of hydrogen-bond donors (Lipinski definition) is 0. The molecule has 0 radical (unpaired) electrons. The largest absolute Gasteiger partial charge is 0.378 e. The minimum atomic E-state index is -0.617. The minimum Gasteiger partial charge on any atom is -0.378 e. The molecule has 78 valence electrons. The first kappa shape index (κ1) is 10.9. The first-order valence-electron chi connectivity index (χ1n) is 4.58. The summed E-state index contributed by atoms with van der Waals surface area (Å²) in [6.45, 7) is 3.79. The second-order valence-electron chi connectivity index (χ2n) is 2.99. The van der Waals surface area contributed by atoms with Gasteiger partial charge < -0.3 is 18.9 Å². The average molecular weight is 190 g/mol. The summed E-state index contributed by atoms with van der Waals surface area (Å²) in [6, 6.07) is 0. The highest BCUT2D eigenvalue weighted by atomic mass is 16.7. The Morgan fingerprint density at radius 1 is 1.38 bits per heavy atom. The van der Waals surface area contributed by atoms with E-state index in [9.17, 15) is 0 Å². The highest BCUT2D eigenvalue weighted by molar-refractivity contribution is 4.83. The zero-order valence-electron chi connectivity index (χ0n) is 8.54. The highest BCUT2D eigenvalue weighted by Crippen LogP contribution is 2.27. The van der Waals surface area contributed by atoms with Gasteiger partial charge in [-0.25, -0.2) is 0 Å². The molecule has 1 fully saturated rings. The molecule has 1 aliphatic heterocycles. The maximum atomic E-state index is 5.51. The second-order valence-corrected chi connectivity index (χ2v) is 2.99. The Balaban J connectivity index is 2.63. The Labute approximate surface area is 79.1 Å². The van der Waals surface area contributed by atoms with Crippen LogP contribution in [0.1, 0.15) is 13.3 Å². The van der Waals surface area contributed by atoms with Crippen molar-refractivity contribution in [2.45, 2.75) is 25.2 Å². The fourth-order valence-electron chi connectivity index (χ4n) is 1.62. The zero-order chi connectivity index (χ0) is 9.73. The van der Waals surface area contributed by atoms with E-state index in [1.165, 1.54) is 0 Å². The van der Waals surface area contributed by atoms with Crippen LogP contribution in [0.15, 0.2) is 0 Å². The second kappa shape index (κ2) is 4.91. The van der Waals surface area contributed by atoms with Gasteiger partial charge in [0, 0.05) is 27.2 Å². The van der Waals surface area contributed by atoms with Crippen LogP contribution in [-0.4, -0.2) is 45.9 Å². The predicted molar refractivity (Wildman–Crippen MR) is 47.6 cm³/mol. The highest BCUT2D eigenvalue weighted by Gasteiger charge is 2.42. The van der Waals surface area contributed by atoms with E-state index in [1.807, 2.05) is 6.92 Å². The molecule has 1 heterocycles. The van der Waals surface area contributed by atoms with Crippen LogP contribution < -0.4 is 0 Å². The normalized spacial score (nSPS) is 27.5. The molecule has 0 bridgehead atoms. The lowest BCUT2D eigenvalue weighted by atomic mass is 10.0. The number of rotatable bonds is 4. The molecule has 0 aromatic rings. The van der Waals surface area contributed by atoms with Crippen molar-refractivity contribution >= 4 is 0 Å². The van der Waals surface area contributed by atoms with Crippen molar-refractivity contribution in [3.8, 4) is 0 Å². The van der Waals surface area contributed by atoms with Crippen molar-refractivity contribution in [1.82, 2.24) is 0 Å². The molecular formula is C9H18O4. The van der Waals surface area contributed by atoms with Crippen molar-refractivity contribution in [3.05, 3.63) is 0 Å². The molecule has 0 aliphatic carbocycles. The van der Waals surface area contributed by atoms with Gasteiger partial charge in [-0.05, 0) is 6.92 Å². The summed E-state index contributed by atoms with van der Waals surface area (Å²) in [5.74, 6) is -0.617. The lowest BCUT2D eigenvalue weighted by Gasteiger charge is -2.40. The molecule has 4 nitrogen and oxygen atoms in total. The molecule has 1 aliphatic rings. The van der Waals surface area contributed by atoms with E-state index in [2.05, 4.69) is 0 Å². The molecule has 4 heteroatoms. The molecule has 1 rings (SSSR count). The Hall–Kier alpha value is -0.160. The summed E-state index contributed by atoms with van der Waals surface area (Å²) in [5.41, 5.74) is 0. The number of methoxy groups -OCH3 is 2. The molecule has 13 heavy (non-hydrogen) atoms. The first-order valence-corrected chi connectivity index (χ1v) is 4.58. The van der Waals surface area contributed by atoms with E-state index in [-0.39, 0.29) is 6.10 Å². The quantitative estimate of drug-likeness (QED) is 0.614. The van der Waals surface area contributed by atoms with Crippen molar-refractivity contribution in [2.24, 2.45) is 0 Å². The van der Waals surface area contributed by atoms with Gasteiger partial charge in [-0.2, -0.15) is 0 Å². The SMILES string of the molecule is CCO[C@@H]1COCCC1(OC)OC. The fourth-order valence-corrected chi connectivity index (χ4v) is 1.62. The van der Waals surface area contributed by atoms with Crippen LogP contribution in [0.5, 0.6) is 0 Å². The van der Waals surface area contributed by atoms with Crippen LogP contribution in [-0.2, 0) is 18.9 Å². The molecule has 0 aromatic carbocycles. The van der Waals surface area contributed by atoms with E-state index in [4.69, 9.17) is 18.9 Å². The van der Waals surface area contributed by atoms with Crippen LogP contribution >= 0.6 is 0 Å². The minimum absolute atomic E-state index is 0.124. The van der Waals surface area contributed by atoms with Gasteiger partial charge in [-0.15, -0.1) is 0 Å². The van der Waals surface area contributed by atoms with Gasteiger partial charge >= 0.3 is 0 Å². The van der Waals surface area contributed by atoms with Gasteiger partial charge in [0.1, 0.15) is 6.10 Å². The van der Waals surface area contributed by atoms with Gasteiger partial charge in [0.15, 0.2) is 5.79 Å². The maximum absolute atomic E-state index is 5.51. The van der Waals surface area contributed by atoms with Gasteiger partial charge in [0.25, 0.3) is 0 Å². The maximum Gasteiger partial charge on any atom is 0.198 e. The van der Waals surface area contributed by atoms with Crippen LogP contribution in [0.4, 0.5) is 0 Å². The Morgan fingerprint density at radius 3 is 2.62 bits per heavy atom. The lowest BCUT2D eigenvalue weighted by Crippen LogP contribution is -2.53. The smallest absolute Gasteiger partial charge is 0.198 e. The summed E-state index contributed by atoms with van der Waals surface area (Å²) >= 11 is 0. The van der Waals surface area contributed by atoms with Crippen molar-refractivity contribution in [3.63, 3.8) is 0 Å². The van der Waals surface area contributed by atoms with Crippen LogP contribution in [0.3, 0.4) is 0 Å². The zero-order valence-corrected chi connectivity index (χ0v) is 8.54. The average Bonchev–Trinajstić information content (AvgIpc) is 2.20. The van der Waals surface area contributed by atoms with E-state index in [1.54, 1.807) is 14.2 Å². The fraction of sp³-hybridized carbons (Fsp3) is 1.00. The third-order valence-electron chi connectivity index (χ3n) is 2.41.